The minimum atomic E-state index is 0.769. The van der Waals surface area contributed by atoms with E-state index in [0.29, 0.717) is 0 Å². The molecule has 0 aliphatic heterocycles. The van der Waals surface area contributed by atoms with Crippen molar-refractivity contribution >= 4 is 37.4 Å². The first-order valence-corrected chi connectivity index (χ1v) is 5.41. The summed E-state index contributed by atoms with van der Waals surface area (Å²) in [6.45, 7) is 2.01. The van der Waals surface area contributed by atoms with Gasteiger partial charge in [0.2, 0.25) is 0 Å². The lowest BCUT2D eigenvalue weighted by molar-refractivity contribution is 1.46. The molecule has 0 unspecified atom stereocenters. The maximum Gasteiger partial charge on any atom is 0.101 e. The van der Waals surface area contributed by atoms with E-state index in [1.807, 2.05) is 19.1 Å². The molecule has 2 rings (SSSR count). The van der Waals surface area contributed by atoms with Gasteiger partial charge in [-0.05, 0) is 45.9 Å². The summed E-state index contributed by atoms with van der Waals surface area (Å²) in [5.74, 6) is 0. The normalized spacial score (nSPS) is 10.2. The van der Waals surface area contributed by atoms with E-state index < -0.39 is 0 Å². The van der Waals surface area contributed by atoms with Crippen LogP contribution in [0.25, 0.3) is 10.1 Å². The predicted molar refractivity (Wildman–Crippen MR) is 59.0 cm³/mol. The first-order valence-electron chi connectivity index (χ1n) is 3.80. The second-order valence-corrected chi connectivity index (χ2v) is 5.32. The third kappa shape index (κ3) is 1.48. The third-order valence-corrected chi connectivity index (χ3v) is 3.54. The molecule has 0 fully saturated rings. The summed E-state index contributed by atoms with van der Waals surface area (Å²) in [6, 6.07) is 8.28. The van der Waals surface area contributed by atoms with E-state index >= 15 is 0 Å². The molecule has 0 aliphatic rings. The van der Waals surface area contributed by atoms with Crippen molar-refractivity contribution in [2.45, 2.75) is 6.92 Å². The van der Waals surface area contributed by atoms with Crippen LogP contribution in [0.15, 0.2) is 22.0 Å². The Hall–Kier alpha value is -0.850. The van der Waals surface area contributed by atoms with Gasteiger partial charge in [0.05, 0.1) is 14.0 Å². The van der Waals surface area contributed by atoms with Crippen LogP contribution in [0.4, 0.5) is 0 Å². The lowest BCUT2D eigenvalue weighted by atomic mass is 10.1. The number of fused-ring (bicyclic) bond motifs is 1. The Morgan fingerprint density at radius 3 is 2.85 bits per heavy atom. The van der Waals surface area contributed by atoms with Crippen LogP contribution in [0.5, 0.6) is 0 Å². The fourth-order valence-electron chi connectivity index (χ4n) is 1.35. The molecule has 1 nitrogen and oxygen atoms in total. The highest BCUT2D eigenvalue weighted by Gasteiger charge is 2.05. The zero-order chi connectivity index (χ0) is 9.42. The van der Waals surface area contributed by atoms with E-state index in [9.17, 15) is 0 Å². The summed E-state index contributed by atoms with van der Waals surface area (Å²) >= 11 is 5.03. The van der Waals surface area contributed by atoms with Crippen molar-refractivity contribution < 1.29 is 0 Å². The summed E-state index contributed by atoms with van der Waals surface area (Å²) in [5.41, 5.74) is 1.90. The summed E-state index contributed by atoms with van der Waals surface area (Å²) in [6.07, 6.45) is 0. The Balaban J connectivity index is 2.90. The second kappa shape index (κ2) is 3.13. The van der Waals surface area contributed by atoms with E-state index in [4.69, 9.17) is 5.26 Å². The van der Waals surface area contributed by atoms with Crippen LogP contribution in [-0.4, -0.2) is 0 Å². The highest BCUT2D eigenvalue weighted by molar-refractivity contribution is 9.11. The Morgan fingerprint density at radius 1 is 1.38 bits per heavy atom. The molecule has 0 saturated heterocycles. The monoisotopic (exact) mass is 251 g/mol. The highest BCUT2D eigenvalue weighted by Crippen LogP contribution is 2.32. The number of nitrogens with zero attached hydrogens (tertiary/aromatic N) is 1. The Bertz CT molecular complexity index is 507. The van der Waals surface area contributed by atoms with Gasteiger partial charge in [-0.3, -0.25) is 0 Å². The summed E-state index contributed by atoms with van der Waals surface area (Å²) in [4.78, 5) is 0. The predicted octanol–water partition coefficient (Wildman–Crippen LogP) is 3.84. The summed E-state index contributed by atoms with van der Waals surface area (Å²) < 4.78 is 2.14. The van der Waals surface area contributed by atoms with Gasteiger partial charge in [0, 0.05) is 0 Å². The van der Waals surface area contributed by atoms with Crippen molar-refractivity contribution in [3.8, 4) is 6.07 Å². The van der Waals surface area contributed by atoms with Crippen molar-refractivity contribution in [2.75, 3.05) is 0 Å². The number of halogens is 1. The molecule has 1 aromatic carbocycles. The van der Waals surface area contributed by atoms with Gasteiger partial charge in [-0.1, -0.05) is 6.07 Å². The van der Waals surface area contributed by atoms with Crippen molar-refractivity contribution in [2.24, 2.45) is 0 Å². The van der Waals surface area contributed by atoms with Crippen LogP contribution in [0, 0.1) is 18.3 Å². The second-order valence-electron chi connectivity index (χ2n) is 2.89. The van der Waals surface area contributed by atoms with Crippen LogP contribution >= 0.6 is 27.3 Å². The molecule has 0 saturated carbocycles. The molecule has 0 N–H and O–H groups in total. The van der Waals surface area contributed by atoms with E-state index in [-0.39, 0.29) is 0 Å². The number of benzene rings is 1. The Kier molecular flexibility index (Phi) is 2.10. The van der Waals surface area contributed by atoms with E-state index in [0.717, 1.165) is 25.0 Å². The molecular weight excluding hydrogens is 246 g/mol. The van der Waals surface area contributed by atoms with Crippen LogP contribution in [0.3, 0.4) is 0 Å². The molecule has 0 radical (unpaired) electrons. The molecule has 2 aromatic rings. The number of nitriles is 1. The molecule has 64 valence electrons. The maximum atomic E-state index is 8.91. The van der Waals surface area contributed by atoms with Gasteiger partial charge < -0.3 is 0 Å². The molecule has 1 heterocycles. The topological polar surface area (TPSA) is 23.8 Å². The average Bonchev–Trinajstić information content (AvgIpc) is 2.43. The SMILES string of the molecule is Cc1cc(C#N)c2sc(Br)cc2c1. The minimum Gasteiger partial charge on any atom is -0.192 e. The van der Waals surface area contributed by atoms with Gasteiger partial charge in [0.15, 0.2) is 0 Å². The number of rotatable bonds is 0. The van der Waals surface area contributed by atoms with Crippen LogP contribution in [0.1, 0.15) is 11.1 Å². The number of thiophene rings is 1. The fraction of sp³-hybridized carbons (Fsp3) is 0.100. The summed E-state index contributed by atoms with van der Waals surface area (Å²) in [5, 5.41) is 10.1. The van der Waals surface area contributed by atoms with E-state index in [2.05, 4.69) is 28.1 Å². The molecular formula is C10H6BrNS. The fourth-order valence-corrected chi connectivity index (χ4v) is 2.92. The smallest absolute Gasteiger partial charge is 0.101 e. The molecule has 3 heteroatoms. The average molecular weight is 252 g/mol. The van der Waals surface area contributed by atoms with Crippen LogP contribution < -0.4 is 0 Å². The first-order chi connectivity index (χ1) is 6.20. The van der Waals surface area contributed by atoms with Crippen LogP contribution in [0.2, 0.25) is 0 Å². The van der Waals surface area contributed by atoms with Crippen molar-refractivity contribution in [1.82, 2.24) is 0 Å². The quantitative estimate of drug-likeness (QED) is 0.698. The van der Waals surface area contributed by atoms with Crippen molar-refractivity contribution in [1.29, 1.82) is 5.26 Å². The zero-order valence-electron chi connectivity index (χ0n) is 6.97. The highest BCUT2D eigenvalue weighted by atomic mass is 79.9. The Morgan fingerprint density at radius 2 is 2.15 bits per heavy atom. The standard InChI is InChI=1S/C10H6BrNS/c1-6-2-7-4-9(11)13-10(7)8(3-6)5-12/h2-4H,1H3. The summed E-state index contributed by atoms with van der Waals surface area (Å²) in [7, 11) is 0. The maximum absolute atomic E-state index is 8.91. The molecule has 0 atom stereocenters. The first kappa shape index (κ1) is 8.74. The van der Waals surface area contributed by atoms with Gasteiger partial charge in [0.25, 0.3) is 0 Å². The number of hydrogen-bond donors (Lipinski definition) is 0. The number of aryl methyl sites for hydroxylation is 1. The van der Waals surface area contributed by atoms with Crippen molar-refractivity contribution in [3.63, 3.8) is 0 Å². The molecule has 1 aromatic heterocycles. The Labute approximate surface area is 88.7 Å². The van der Waals surface area contributed by atoms with Gasteiger partial charge in [0.1, 0.15) is 6.07 Å². The third-order valence-electron chi connectivity index (χ3n) is 1.85. The van der Waals surface area contributed by atoms with Crippen molar-refractivity contribution in [3.05, 3.63) is 33.1 Å². The molecule has 13 heavy (non-hydrogen) atoms. The van der Waals surface area contributed by atoms with Gasteiger partial charge in [-0.15, -0.1) is 11.3 Å². The lowest BCUT2D eigenvalue weighted by Crippen LogP contribution is -1.77. The lowest BCUT2D eigenvalue weighted by Gasteiger charge is -1.95. The van der Waals surface area contributed by atoms with Gasteiger partial charge in [-0.2, -0.15) is 5.26 Å². The molecule has 0 spiro atoms. The molecule has 0 amide bonds. The van der Waals surface area contributed by atoms with E-state index in [1.165, 1.54) is 0 Å². The number of hydrogen-bond acceptors (Lipinski definition) is 2. The molecule has 0 aliphatic carbocycles. The minimum absolute atomic E-state index is 0.769. The zero-order valence-corrected chi connectivity index (χ0v) is 9.37. The van der Waals surface area contributed by atoms with E-state index in [1.54, 1.807) is 11.3 Å². The largest absolute Gasteiger partial charge is 0.192 e. The van der Waals surface area contributed by atoms with Crippen LogP contribution in [-0.2, 0) is 0 Å². The molecule has 0 bridgehead atoms. The van der Waals surface area contributed by atoms with Gasteiger partial charge in [-0.25, -0.2) is 0 Å². The van der Waals surface area contributed by atoms with Gasteiger partial charge >= 0.3 is 0 Å².